The number of hydrogen-bond acceptors (Lipinski definition) is 4. The monoisotopic (exact) mass is 665 g/mol. The zero-order valence-corrected chi connectivity index (χ0v) is 33.1. The van der Waals surface area contributed by atoms with Gasteiger partial charge in [-0.25, -0.2) is 0 Å². The van der Waals surface area contributed by atoms with Gasteiger partial charge in [-0.3, -0.25) is 0 Å². The van der Waals surface area contributed by atoms with E-state index in [1.807, 2.05) is 0 Å². The molecule has 2 aromatic rings. The maximum atomic E-state index is 3.62. The lowest BCUT2D eigenvalue weighted by Crippen LogP contribution is -2.16. The van der Waals surface area contributed by atoms with Crippen LogP contribution < -0.4 is 21.3 Å². The van der Waals surface area contributed by atoms with E-state index in [1.165, 1.54) is 151 Å². The summed E-state index contributed by atoms with van der Waals surface area (Å²) in [6, 6.07) is 19.8. The van der Waals surface area contributed by atoms with Crippen molar-refractivity contribution in [3.63, 3.8) is 0 Å². The van der Waals surface area contributed by atoms with Crippen LogP contribution in [-0.4, -0.2) is 24.2 Å². The topological polar surface area (TPSA) is 48.1 Å². The minimum Gasteiger partial charge on any atom is -0.383 e. The fourth-order valence-electron chi connectivity index (χ4n) is 6.26. The minimum atomic E-state index is 0.554. The van der Waals surface area contributed by atoms with Crippen molar-refractivity contribution in [1.29, 1.82) is 0 Å². The lowest BCUT2D eigenvalue weighted by Gasteiger charge is -2.17. The molecule has 4 N–H and O–H groups in total. The molecule has 276 valence electrons. The van der Waals surface area contributed by atoms with Gasteiger partial charge in [0, 0.05) is 46.9 Å². The first-order valence-electron chi connectivity index (χ1n) is 20.6. The smallest absolute Gasteiger partial charge is 0.0343 e. The SMILES string of the molecule is CCCCCCC(C)Nc1ccc(NC(C)CCCCCC)cc1.CCCCCCC(C)Nc1ccc(NC(C)CCCCCC)cc1. The van der Waals surface area contributed by atoms with Crippen LogP contribution >= 0.6 is 0 Å². The summed E-state index contributed by atoms with van der Waals surface area (Å²) in [6.45, 7) is 18.2. The van der Waals surface area contributed by atoms with Crippen LogP contribution in [0.2, 0.25) is 0 Å². The molecule has 4 atom stereocenters. The molecule has 0 aliphatic carbocycles. The molecule has 2 aromatic carbocycles. The molecule has 0 heterocycles. The van der Waals surface area contributed by atoms with Crippen molar-refractivity contribution in [3.8, 4) is 0 Å². The molecule has 0 fully saturated rings. The molecule has 4 unspecified atom stereocenters. The van der Waals surface area contributed by atoms with Gasteiger partial charge in [0.05, 0.1) is 0 Å². The fraction of sp³-hybridized carbons (Fsp3) is 0.727. The Labute approximate surface area is 299 Å². The second-order valence-electron chi connectivity index (χ2n) is 14.7. The summed E-state index contributed by atoms with van der Waals surface area (Å²) in [7, 11) is 0. The van der Waals surface area contributed by atoms with Gasteiger partial charge in [-0.1, -0.05) is 130 Å². The third-order valence-corrected chi connectivity index (χ3v) is 9.38. The zero-order valence-electron chi connectivity index (χ0n) is 33.1. The number of benzene rings is 2. The normalized spacial score (nSPS) is 13.5. The van der Waals surface area contributed by atoms with Crippen molar-refractivity contribution < 1.29 is 0 Å². The lowest BCUT2D eigenvalue weighted by molar-refractivity contribution is 0.593. The van der Waals surface area contributed by atoms with Crippen molar-refractivity contribution in [2.75, 3.05) is 21.3 Å². The molecular formula is C44H80N4. The van der Waals surface area contributed by atoms with E-state index in [0.29, 0.717) is 24.2 Å². The third-order valence-electron chi connectivity index (χ3n) is 9.38. The van der Waals surface area contributed by atoms with Gasteiger partial charge in [0.1, 0.15) is 0 Å². The number of nitrogens with one attached hydrogen (secondary N) is 4. The van der Waals surface area contributed by atoms with E-state index in [-0.39, 0.29) is 0 Å². The summed E-state index contributed by atoms with van der Waals surface area (Å²) in [5.74, 6) is 0. The third kappa shape index (κ3) is 23.9. The van der Waals surface area contributed by atoms with Crippen LogP contribution in [-0.2, 0) is 0 Å². The molecule has 0 amide bonds. The first kappa shape index (κ1) is 43.7. The molecule has 0 bridgehead atoms. The minimum absolute atomic E-state index is 0.554. The van der Waals surface area contributed by atoms with Gasteiger partial charge in [-0.05, 0) is 102 Å². The van der Waals surface area contributed by atoms with Crippen LogP contribution in [0, 0.1) is 0 Å². The molecule has 2 rings (SSSR count). The molecule has 0 radical (unpaired) electrons. The quantitative estimate of drug-likeness (QED) is 0.0684. The van der Waals surface area contributed by atoms with Crippen LogP contribution in [0.4, 0.5) is 22.7 Å². The van der Waals surface area contributed by atoms with Gasteiger partial charge in [0.2, 0.25) is 0 Å². The largest absolute Gasteiger partial charge is 0.383 e. The Morgan fingerprint density at radius 1 is 0.312 bits per heavy atom. The Morgan fingerprint density at radius 3 is 0.667 bits per heavy atom. The molecule has 0 spiro atoms. The highest BCUT2D eigenvalue weighted by molar-refractivity contribution is 5.55. The number of hydrogen-bond donors (Lipinski definition) is 4. The van der Waals surface area contributed by atoms with Crippen LogP contribution in [0.15, 0.2) is 48.5 Å². The van der Waals surface area contributed by atoms with Crippen molar-refractivity contribution in [3.05, 3.63) is 48.5 Å². The van der Waals surface area contributed by atoms with Gasteiger partial charge >= 0.3 is 0 Å². The molecule has 0 aliphatic heterocycles. The first-order valence-corrected chi connectivity index (χ1v) is 20.6. The summed E-state index contributed by atoms with van der Waals surface area (Å²) in [4.78, 5) is 0. The Kier molecular flexibility index (Phi) is 26.9. The van der Waals surface area contributed by atoms with E-state index in [1.54, 1.807) is 0 Å². The van der Waals surface area contributed by atoms with Crippen LogP contribution in [0.3, 0.4) is 0 Å². The molecule has 48 heavy (non-hydrogen) atoms. The predicted molar refractivity (Wildman–Crippen MR) is 220 cm³/mol. The van der Waals surface area contributed by atoms with Crippen molar-refractivity contribution >= 4 is 22.7 Å². The van der Waals surface area contributed by atoms with Crippen LogP contribution in [0.25, 0.3) is 0 Å². The molecule has 0 saturated heterocycles. The number of rotatable bonds is 28. The van der Waals surface area contributed by atoms with Gasteiger partial charge < -0.3 is 21.3 Å². The van der Waals surface area contributed by atoms with Gasteiger partial charge in [-0.15, -0.1) is 0 Å². The van der Waals surface area contributed by atoms with Crippen molar-refractivity contribution in [1.82, 2.24) is 0 Å². The molecule has 4 heteroatoms. The van der Waals surface area contributed by atoms with E-state index >= 15 is 0 Å². The predicted octanol–water partition coefficient (Wildman–Crippen LogP) is 14.5. The average molecular weight is 665 g/mol. The molecule has 0 saturated carbocycles. The van der Waals surface area contributed by atoms with Crippen molar-refractivity contribution in [2.45, 2.75) is 208 Å². The van der Waals surface area contributed by atoms with E-state index in [0.717, 1.165) is 0 Å². The van der Waals surface area contributed by atoms with Crippen LogP contribution in [0.1, 0.15) is 184 Å². The highest BCUT2D eigenvalue weighted by Gasteiger charge is 2.06. The lowest BCUT2D eigenvalue weighted by atomic mass is 10.1. The Balaban J connectivity index is 0.000000480. The number of unbranched alkanes of at least 4 members (excludes halogenated alkanes) is 12. The summed E-state index contributed by atoms with van der Waals surface area (Å²) in [5, 5.41) is 14.5. The second kappa shape index (κ2) is 29.5. The summed E-state index contributed by atoms with van der Waals surface area (Å²) in [6.07, 6.45) is 26.5. The first-order chi connectivity index (χ1) is 23.3. The van der Waals surface area contributed by atoms with Gasteiger partial charge in [-0.2, -0.15) is 0 Å². The van der Waals surface area contributed by atoms with Gasteiger partial charge in [0.25, 0.3) is 0 Å². The van der Waals surface area contributed by atoms with E-state index in [4.69, 9.17) is 0 Å². The zero-order chi connectivity index (χ0) is 35.2. The summed E-state index contributed by atoms with van der Waals surface area (Å²) < 4.78 is 0. The summed E-state index contributed by atoms with van der Waals surface area (Å²) in [5.41, 5.74) is 4.94. The number of anilines is 4. The highest BCUT2D eigenvalue weighted by atomic mass is 14.9. The molecular weight excluding hydrogens is 585 g/mol. The van der Waals surface area contributed by atoms with Gasteiger partial charge in [0.15, 0.2) is 0 Å². The Hall–Kier alpha value is -2.36. The average Bonchev–Trinajstić information content (AvgIpc) is 3.07. The maximum absolute atomic E-state index is 3.62. The molecule has 0 aromatic heterocycles. The van der Waals surface area contributed by atoms with Crippen molar-refractivity contribution in [2.24, 2.45) is 0 Å². The van der Waals surface area contributed by atoms with E-state index < -0.39 is 0 Å². The molecule has 4 nitrogen and oxygen atoms in total. The van der Waals surface area contributed by atoms with E-state index in [9.17, 15) is 0 Å². The second-order valence-corrected chi connectivity index (χ2v) is 14.7. The Bertz CT molecular complexity index is 799. The highest BCUT2D eigenvalue weighted by Crippen LogP contribution is 2.20. The maximum Gasteiger partial charge on any atom is 0.0343 e. The fourth-order valence-corrected chi connectivity index (χ4v) is 6.26. The Morgan fingerprint density at radius 2 is 0.500 bits per heavy atom. The van der Waals surface area contributed by atoms with Crippen LogP contribution in [0.5, 0.6) is 0 Å². The molecule has 0 aliphatic rings. The van der Waals surface area contributed by atoms with E-state index in [2.05, 4.69) is 125 Å². The standard InChI is InChI=1S/2C22H40N2/c2*1-5-7-9-11-13-19(3)23-21-15-17-22(18-16-21)24-20(4)14-12-10-8-6-2/h2*15-20,23-24H,5-14H2,1-4H3. The summed E-state index contributed by atoms with van der Waals surface area (Å²) >= 11 is 0.